The second-order valence-electron chi connectivity index (χ2n) is 7.88. The third-order valence-corrected chi connectivity index (χ3v) is 6.23. The summed E-state index contributed by atoms with van der Waals surface area (Å²) in [6.07, 6.45) is 1.93. The second-order valence-corrected chi connectivity index (χ2v) is 7.88. The average molecular weight is 409 g/mol. The van der Waals surface area contributed by atoms with E-state index in [2.05, 4.69) is 11.0 Å². The van der Waals surface area contributed by atoms with Crippen molar-refractivity contribution in [2.24, 2.45) is 17.1 Å². The van der Waals surface area contributed by atoms with E-state index in [0.29, 0.717) is 25.2 Å². The Morgan fingerprint density at radius 2 is 1.71 bits per heavy atom. The van der Waals surface area contributed by atoms with E-state index in [-0.39, 0.29) is 16.8 Å². The molecular formula is C25H20FN5. The van der Waals surface area contributed by atoms with Gasteiger partial charge in [0.15, 0.2) is 5.41 Å². The Hall–Kier alpha value is -3.92. The zero-order valence-corrected chi connectivity index (χ0v) is 16.8. The van der Waals surface area contributed by atoms with Gasteiger partial charge in [-0.3, -0.25) is 4.90 Å². The number of rotatable bonds is 3. The summed E-state index contributed by atoms with van der Waals surface area (Å²) in [5.74, 6) is -1.74. The molecule has 1 aliphatic carbocycles. The van der Waals surface area contributed by atoms with Crippen LogP contribution in [0.15, 0.2) is 77.5 Å². The molecule has 2 N–H and O–H groups in total. The SMILES string of the molecule is N#CC1=C(N)C(C#N)(C#N)C(c2ccccc2F)[C@H]2CN(Cc3ccccc3)CC=C12. The van der Waals surface area contributed by atoms with Crippen LogP contribution < -0.4 is 5.73 Å². The Bertz CT molecular complexity index is 1180. The lowest BCUT2D eigenvalue weighted by Crippen LogP contribution is -2.48. The number of allylic oxidation sites excluding steroid dienone is 2. The third kappa shape index (κ3) is 3.26. The number of hydrogen-bond donors (Lipinski definition) is 1. The van der Waals surface area contributed by atoms with Gasteiger partial charge in [-0.1, -0.05) is 54.6 Å². The quantitative estimate of drug-likeness (QED) is 0.832. The van der Waals surface area contributed by atoms with Gasteiger partial charge in [-0.2, -0.15) is 15.8 Å². The zero-order valence-electron chi connectivity index (χ0n) is 16.8. The highest BCUT2D eigenvalue weighted by atomic mass is 19.1. The van der Waals surface area contributed by atoms with Crippen LogP contribution in [0.4, 0.5) is 4.39 Å². The Balaban J connectivity index is 1.87. The van der Waals surface area contributed by atoms with Crippen molar-refractivity contribution in [3.63, 3.8) is 0 Å². The minimum absolute atomic E-state index is 0.0905. The Labute approximate surface area is 180 Å². The summed E-state index contributed by atoms with van der Waals surface area (Å²) in [6.45, 7) is 1.73. The van der Waals surface area contributed by atoms with Gasteiger partial charge in [0.25, 0.3) is 0 Å². The maximum absolute atomic E-state index is 14.9. The minimum atomic E-state index is -1.83. The summed E-state index contributed by atoms with van der Waals surface area (Å²) >= 11 is 0. The lowest BCUT2D eigenvalue weighted by Gasteiger charge is -2.45. The third-order valence-electron chi connectivity index (χ3n) is 6.23. The molecule has 31 heavy (non-hydrogen) atoms. The minimum Gasteiger partial charge on any atom is -0.399 e. The molecule has 1 unspecified atom stereocenters. The predicted octanol–water partition coefficient (Wildman–Crippen LogP) is 3.75. The smallest absolute Gasteiger partial charge is 0.191 e. The van der Waals surface area contributed by atoms with Gasteiger partial charge in [0.2, 0.25) is 0 Å². The predicted molar refractivity (Wildman–Crippen MR) is 113 cm³/mol. The van der Waals surface area contributed by atoms with Gasteiger partial charge in [-0.15, -0.1) is 0 Å². The summed E-state index contributed by atoms with van der Waals surface area (Å²) in [5.41, 5.74) is 6.60. The summed E-state index contributed by atoms with van der Waals surface area (Å²) in [7, 11) is 0. The number of fused-ring (bicyclic) bond motifs is 1. The molecule has 0 aromatic heterocycles. The molecule has 2 atom stereocenters. The highest BCUT2D eigenvalue weighted by molar-refractivity contribution is 5.59. The van der Waals surface area contributed by atoms with Crippen LogP contribution in [0.2, 0.25) is 0 Å². The first-order chi connectivity index (χ1) is 15.1. The molecule has 0 radical (unpaired) electrons. The van der Waals surface area contributed by atoms with Gasteiger partial charge < -0.3 is 5.73 Å². The van der Waals surface area contributed by atoms with Crippen molar-refractivity contribution in [3.05, 3.63) is 94.5 Å². The van der Waals surface area contributed by atoms with E-state index >= 15 is 0 Å². The number of halogens is 1. The van der Waals surface area contributed by atoms with Crippen LogP contribution in [0.25, 0.3) is 0 Å². The van der Waals surface area contributed by atoms with Crippen molar-refractivity contribution < 1.29 is 4.39 Å². The van der Waals surface area contributed by atoms with Crippen LogP contribution in [-0.4, -0.2) is 18.0 Å². The summed E-state index contributed by atoms with van der Waals surface area (Å²) in [4.78, 5) is 2.17. The lowest BCUT2D eigenvalue weighted by molar-refractivity contribution is 0.199. The van der Waals surface area contributed by atoms with E-state index in [1.165, 1.54) is 6.07 Å². The van der Waals surface area contributed by atoms with Crippen LogP contribution in [-0.2, 0) is 6.54 Å². The molecule has 1 aliphatic heterocycles. The summed E-state index contributed by atoms with van der Waals surface area (Å²) in [5, 5.41) is 30.0. The molecule has 6 heteroatoms. The average Bonchev–Trinajstić information content (AvgIpc) is 2.80. The number of benzene rings is 2. The van der Waals surface area contributed by atoms with E-state index in [9.17, 15) is 20.2 Å². The van der Waals surface area contributed by atoms with Gasteiger partial charge in [-0.05, 0) is 22.8 Å². The topological polar surface area (TPSA) is 101 Å². The molecular weight excluding hydrogens is 389 g/mol. The first kappa shape index (κ1) is 20.4. The largest absolute Gasteiger partial charge is 0.399 e. The summed E-state index contributed by atoms with van der Waals surface area (Å²) in [6, 6.07) is 22.3. The molecule has 2 aromatic rings. The van der Waals surface area contributed by atoms with Gasteiger partial charge in [-0.25, -0.2) is 4.39 Å². The zero-order chi connectivity index (χ0) is 22.0. The highest BCUT2D eigenvalue weighted by Crippen LogP contribution is 2.54. The molecule has 0 fully saturated rings. The fourth-order valence-corrected chi connectivity index (χ4v) is 4.78. The number of nitrogens with zero attached hydrogens (tertiary/aromatic N) is 4. The molecule has 0 saturated carbocycles. The van der Waals surface area contributed by atoms with Crippen molar-refractivity contribution in [1.82, 2.24) is 4.90 Å². The van der Waals surface area contributed by atoms with Crippen molar-refractivity contribution in [1.29, 1.82) is 15.8 Å². The van der Waals surface area contributed by atoms with E-state index in [1.807, 2.05) is 48.5 Å². The highest BCUT2D eigenvalue weighted by Gasteiger charge is 2.55. The molecule has 1 heterocycles. The second kappa shape index (κ2) is 8.07. The van der Waals surface area contributed by atoms with Gasteiger partial charge in [0.1, 0.15) is 11.9 Å². The number of nitriles is 3. The van der Waals surface area contributed by atoms with E-state index in [0.717, 1.165) is 5.56 Å². The first-order valence-corrected chi connectivity index (χ1v) is 9.99. The van der Waals surface area contributed by atoms with Crippen LogP contribution in [0.5, 0.6) is 0 Å². The summed E-state index contributed by atoms with van der Waals surface area (Å²) < 4.78 is 14.9. The molecule has 0 amide bonds. The monoisotopic (exact) mass is 409 g/mol. The molecule has 0 saturated heterocycles. The van der Waals surface area contributed by atoms with Crippen LogP contribution in [0.3, 0.4) is 0 Å². The van der Waals surface area contributed by atoms with Crippen molar-refractivity contribution >= 4 is 0 Å². The van der Waals surface area contributed by atoms with Gasteiger partial charge >= 0.3 is 0 Å². The van der Waals surface area contributed by atoms with Crippen LogP contribution in [0, 0.1) is 51.1 Å². The van der Waals surface area contributed by atoms with Gasteiger partial charge in [0.05, 0.1) is 23.4 Å². The number of nitrogens with two attached hydrogens (primary N) is 1. The Kier molecular flexibility index (Phi) is 5.30. The fourth-order valence-electron chi connectivity index (χ4n) is 4.78. The number of hydrogen-bond acceptors (Lipinski definition) is 5. The van der Waals surface area contributed by atoms with Crippen LogP contribution >= 0.6 is 0 Å². The van der Waals surface area contributed by atoms with Crippen molar-refractivity contribution in [2.45, 2.75) is 12.5 Å². The van der Waals surface area contributed by atoms with Crippen LogP contribution in [0.1, 0.15) is 17.0 Å². The standard InChI is InChI=1S/C25H20FN5/c26-22-9-5-4-8-19(22)23-21-14-31(13-17-6-2-1-3-7-17)11-10-18(21)20(12-27)24(30)25(23,15-28)16-29/h1-10,21,23H,11,13-14,30H2/t21-,23?/m0/s1. The lowest BCUT2D eigenvalue weighted by atomic mass is 9.58. The molecule has 4 rings (SSSR count). The molecule has 5 nitrogen and oxygen atoms in total. The first-order valence-electron chi connectivity index (χ1n) is 9.99. The van der Waals surface area contributed by atoms with Crippen molar-refractivity contribution in [3.8, 4) is 18.2 Å². The van der Waals surface area contributed by atoms with E-state index in [4.69, 9.17) is 5.73 Å². The normalized spacial score (nSPS) is 22.5. The molecule has 2 aromatic carbocycles. The molecule has 152 valence electrons. The fraction of sp³-hybridized carbons (Fsp3) is 0.240. The molecule has 0 spiro atoms. The van der Waals surface area contributed by atoms with E-state index in [1.54, 1.807) is 18.2 Å². The van der Waals surface area contributed by atoms with Crippen molar-refractivity contribution in [2.75, 3.05) is 13.1 Å². The maximum Gasteiger partial charge on any atom is 0.191 e. The Morgan fingerprint density at radius 1 is 1.03 bits per heavy atom. The maximum atomic E-state index is 14.9. The Morgan fingerprint density at radius 3 is 2.35 bits per heavy atom. The van der Waals surface area contributed by atoms with Gasteiger partial charge in [0, 0.05) is 31.5 Å². The molecule has 0 bridgehead atoms. The van der Waals surface area contributed by atoms with E-state index < -0.39 is 23.1 Å². The molecule has 2 aliphatic rings.